The van der Waals surface area contributed by atoms with Crippen LogP contribution in [0.1, 0.15) is 34.6 Å². The molecular weight excluding hydrogens is 495 g/mol. The fourth-order valence-corrected chi connectivity index (χ4v) is 5.31. The second-order valence-corrected chi connectivity index (χ2v) is 11.3. The maximum Gasteiger partial charge on any atom is 0.342 e. The zero-order valence-corrected chi connectivity index (χ0v) is 21.9. The number of aromatic nitrogens is 4. The zero-order chi connectivity index (χ0) is 25.8. The number of imidazole rings is 1. The molecule has 0 bridgehead atoms. The average molecular weight is 525 g/mol. The highest BCUT2D eigenvalue weighted by atomic mass is 35.5. The molecule has 0 saturated heterocycles. The summed E-state index contributed by atoms with van der Waals surface area (Å²) in [7, 11) is -3.76. The maximum atomic E-state index is 13.9. The second-order valence-electron chi connectivity index (χ2n) is 8.84. The van der Waals surface area contributed by atoms with E-state index in [-0.39, 0.29) is 18.3 Å². The highest BCUT2D eigenvalue weighted by Gasteiger charge is 2.40. The molecule has 3 aromatic rings. The lowest BCUT2D eigenvalue weighted by Gasteiger charge is -2.31. The van der Waals surface area contributed by atoms with Gasteiger partial charge >= 0.3 is 13.5 Å². The van der Waals surface area contributed by atoms with Crippen LogP contribution in [0.25, 0.3) is 11.2 Å². The van der Waals surface area contributed by atoms with Gasteiger partial charge in [-0.3, -0.25) is 9.36 Å². The molecule has 190 valence electrons. The lowest BCUT2D eigenvalue weighted by Crippen LogP contribution is -2.48. The molecular formula is C22H30ClN6O5P. The summed E-state index contributed by atoms with van der Waals surface area (Å²) in [4.78, 5) is 25.0. The van der Waals surface area contributed by atoms with Crippen molar-refractivity contribution in [3.8, 4) is 5.75 Å². The van der Waals surface area contributed by atoms with Crippen LogP contribution in [0.15, 0.2) is 36.9 Å². The molecule has 0 aliphatic carbocycles. The van der Waals surface area contributed by atoms with Gasteiger partial charge in [0.1, 0.15) is 29.5 Å². The maximum absolute atomic E-state index is 13.9. The summed E-state index contributed by atoms with van der Waals surface area (Å²) in [6, 6.07) is 6.39. The molecule has 0 saturated carbocycles. The number of anilines is 1. The van der Waals surface area contributed by atoms with Crippen molar-refractivity contribution in [3.63, 3.8) is 0 Å². The van der Waals surface area contributed by atoms with Crippen molar-refractivity contribution >= 4 is 42.1 Å². The quantitative estimate of drug-likeness (QED) is 0.279. The first-order chi connectivity index (χ1) is 16.4. The Morgan fingerprint density at radius 2 is 1.89 bits per heavy atom. The first-order valence-electron chi connectivity index (χ1n) is 11.0. The van der Waals surface area contributed by atoms with Gasteiger partial charge in [-0.1, -0.05) is 11.6 Å². The van der Waals surface area contributed by atoms with Gasteiger partial charge in [-0.2, -0.15) is 0 Å². The molecule has 2 heterocycles. The van der Waals surface area contributed by atoms with Crippen LogP contribution >= 0.6 is 19.1 Å². The number of rotatable bonds is 11. The van der Waals surface area contributed by atoms with Crippen LogP contribution in [0, 0.1) is 0 Å². The number of nitrogens with one attached hydrogen (secondary N) is 1. The molecule has 0 radical (unpaired) electrons. The van der Waals surface area contributed by atoms with Crippen LogP contribution in [-0.2, 0) is 25.4 Å². The topological polar surface area (TPSA) is 143 Å². The Morgan fingerprint density at radius 1 is 1.20 bits per heavy atom. The Kier molecular flexibility index (Phi) is 8.38. The van der Waals surface area contributed by atoms with E-state index < -0.39 is 25.1 Å². The lowest BCUT2D eigenvalue weighted by atomic mass is 10.1. The minimum Gasteiger partial charge on any atom is -0.462 e. The molecule has 0 amide bonds. The number of esters is 1. The van der Waals surface area contributed by atoms with Crippen molar-refractivity contribution in [2.75, 3.05) is 12.1 Å². The number of ether oxygens (including phenoxy) is 2. The Bertz CT molecular complexity index is 1220. The van der Waals surface area contributed by atoms with Gasteiger partial charge in [0.2, 0.25) is 0 Å². The number of carbonyl (C=O) groups excluding carboxylic acids is 1. The predicted molar refractivity (Wildman–Crippen MR) is 133 cm³/mol. The number of hydrogen-bond acceptors (Lipinski definition) is 9. The predicted octanol–water partition coefficient (Wildman–Crippen LogP) is 4.02. The molecule has 11 nitrogen and oxygen atoms in total. The van der Waals surface area contributed by atoms with Gasteiger partial charge in [0.25, 0.3) is 0 Å². The molecule has 13 heteroatoms. The van der Waals surface area contributed by atoms with Crippen molar-refractivity contribution in [2.45, 2.75) is 58.9 Å². The molecule has 3 N–H and O–H groups in total. The minimum absolute atomic E-state index is 0.280. The van der Waals surface area contributed by atoms with E-state index in [0.29, 0.717) is 28.5 Å². The summed E-state index contributed by atoms with van der Waals surface area (Å²) >= 11 is 5.95. The highest BCUT2D eigenvalue weighted by Crippen LogP contribution is 2.45. The molecule has 1 aromatic carbocycles. The van der Waals surface area contributed by atoms with E-state index >= 15 is 0 Å². The van der Waals surface area contributed by atoms with Crippen LogP contribution in [0.4, 0.5) is 5.82 Å². The normalized spacial score (nSPS) is 14.6. The van der Waals surface area contributed by atoms with E-state index in [1.54, 1.807) is 69.8 Å². The number of nitrogens with two attached hydrogens (primary N) is 1. The third kappa shape index (κ3) is 7.14. The Hall–Kier alpha value is -2.72. The Morgan fingerprint density at radius 3 is 2.54 bits per heavy atom. The number of benzene rings is 1. The van der Waals surface area contributed by atoms with Gasteiger partial charge in [-0.05, 0) is 58.9 Å². The van der Waals surface area contributed by atoms with Crippen LogP contribution in [0.5, 0.6) is 5.75 Å². The Labute approximate surface area is 208 Å². The van der Waals surface area contributed by atoms with Crippen molar-refractivity contribution in [1.29, 1.82) is 0 Å². The zero-order valence-electron chi connectivity index (χ0n) is 20.3. The minimum atomic E-state index is -3.76. The van der Waals surface area contributed by atoms with Crippen LogP contribution in [-0.4, -0.2) is 49.6 Å². The first kappa shape index (κ1) is 26.9. The molecule has 35 heavy (non-hydrogen) atoms. The summed E-state index contributed by atoms with van der Waals surface area (Å²) in [6.45, 7) is 8.77. The van der Waals surface area contributed by atoms with Gasteiger partial charge in [-0.25, -0.2) is 20.0 Å². The fourth-order valence-electron chi connectivity index (χ4n) is 3.17. The lowest BCUT2D eigenvalue weighted by molar-refractivity contribution is -0.153. The van der Waals surface area contributed by atoms with E-state index in [4.69, 9.17) is 31.3 Å². The number of hydrogen-bond donors (Lipinski definition) is 2. The van der Waals surface area contributed by atoms with E-state index in [2.05, 4.69) is 20.0 Å². The summed E-state index contributed by atoms with van der Waals surface area (Å²) in [6.07, 6.45) is 1.87. The number of nitrogens with zero attached hydrogens (tertiary/aromatic N) is 4. The molecule has 2 atom stereocenters. The highest BCUT2D eigenvalue weighted by molar-refractivity contribution is 7.57. The van der Waals surface area contributed by atoms with Gasteiger partial charge in [0.05, 0.1) is 25.1 Å². The molecule has 1 unspecified atom stereocenters. The number of nitrogen functional groups attached to an aromatic ring is 1. The van der Waals surface area contributed by atoms with Gasteiger partial charge in [0.15, 0.2) is 11.5 Å². The summed E-state index contributed by atoms with van der Waals surface area (Å²) < 4.78 is 32.7. The van der Waals surface area contributed by atoms with Crippen molar-refractivity contribution in [2.24, 2.45) is 0 Å². The van der Waals surface area contributed by atoms with Crippen molar-refractivity contribution in [3.05, 3.63) is 41.9 Å². The van der Waals surface area contributed by atoms with Gasteiger partial charge < -0.3 is 24.3 Å². The molecule has 0 aliphatic heterocycles. The standard InChI is InChI=1S/C22H30ClN6O5P/c1-14(2)33-21(30)22(4,5)28-35(31,34-17-8-6-16(23)7-9-17)13-32-15(3)10-29-12-27-18-19(24)25-11-26-20(18)29/h6-9,11-12,14-15H,10,13H2,1-5H3,(H,28,31)(H2,24,25,26)/t15-,35?/m1/s1. The SMILES string of the molecule is CC(C)OC(=O)C(C)(C)NP(=O)(CO[C@H](C)Cn1cnc2c(N)ncnc21)Oc1ccc(Cl)cc1. The monoisotopic (exact) mass is 524 g/mol. The van der Waals surface area contributed by atoms with E-state index in [9.17, 15) is 9.36 Å². The number of halogens is 1. The molecule has 0 aliphatic rings. The summed E-state index contributed by atoms with van der Waals surface area (Å²) in [5.74, 6) is 0.0211. The summed E-state index contributed by atoms with van der Waals surface area (Å²) in [5, 5.41) is 3.34. The third-order valence-electron chi connectivity index (χ3n) is 4.78. The fraction of sp³-hybridized carbons (Fsp3) is 0.455. The number of carbonyl (C=O) groups is 1. The smallest absolute Gasteiger partial charge is 0.342 e. The molecule has 2 aromatic heterocycles. The second kappa shape index (κ2) is 10.9. The van der Waals surface area contributed by atoms with E-state index in [0.717, 1.165) is 0 Å². The van der Waals surface area contributed by atoms with Crippen LogP contribution in [0.2, 0.25) is 5.02 Å². The first-order valence-corrected chi connectivity index (χ1v) is 13.1. The van der Waals surface area contributed by atoms with Crippen LogP contribution in [0.3, 0.4) is 0 Å². The van der Waals surface area contributed by atoms with Crippen molar-refractivity contribution < 1.29 is 23.4 Å². The molecule has 0 fully saturated rings. The average Bonchev–Trinajstić information content (AvgIpc) is 3.17. The van der Waals surface area contributed by atoms with Crippen molar-refractivity contribution in [1.82, 2.24) is 24.6 Å². The van der Waals surface area contributed by atoms with Gasteiger partial charge in [-0.15, -0.1) is 0 Å². The Balaban J connectivity index is 1.76. The van der Waals surface area contributed by atoms with E-state index in [1.807, 2.05) is 0 Å². The number of fused-ring (bicyclic) bond motifs is 1. The third-order valence-corrected chi connectivity index (χ3v) is 6.93. The molecule has 0 spiro atoms. The largest absolute Gasteiger partial charge is 0.462 e. The van der Waals surface area contributed by atoms with E-state index in [1.165, 1.54) is 6.33 Å². The summed E-state index contributed by atoms with van der Waals surface area (Å²) in [5.41, 5.74) is 5.58. The molecule has 3 rings (SSSR count). The van der Waals surface area contributed by atoms with Gasteiger partial charge in [0, 0.05) is 5.02 Å². The van der Waals surface area contributed by atoms with Crippen LogP contribution < -0.4 is 15.3 Å².